The topological polar surface area (TPSA) is 29.1 Å². The van der Waals surface area contributed by atoms with Gasteiger partial charge in [0.2, 0.25) is 0 Å². The Morgan fingerprint density at radius 1 is 1.31 bits per heavy atom. The number of nitrogens with one attached hydrogen (secondary N) is 1. The SMILES string of the molecule is CC(=O)[C@H]1NC[C@@H]2C3CCC(C3)[C@H]12. The van der Waals surface area contributed by atoms with Crippen LogP contribution in [0.4, 0.5) is 0 Å². The van der Waals surface area contributed by atoms with Crippen LogP contribution in [0.25, 0.3) is 0 Å². The number of Topliss-reactive ketones (excluding diaryl/α,β-unsaturated/α-hetero) is 1. The third-order valence-electron chi connectivity index (χ3n) is 4.55. The highest BCUT2D eigenvalue weighted by atomic mass is 16.1. The van der Waals surface area contributed by atoms with Crippen molar-refractivity contribution < 1.29 is 4.79 Å². The molecule has 0 aromatic rings. The minimum Gasteiger partial charge on any atom is -0.307 e. The highest BCUT2D eigenvalue weighted by molar-refractivity contribution is 5.82. The van der Waals surface area contributed by atoms with E-state index < -0.39 is 0 Å². The molecule has 2 unspecified atom stereocenters. The lowest BCUT2D eigenvalue weighted by Crippen LogP contribution is -2.36. The number of carbonyl (C=O) groups is 1. The Morgan fingerprint density at radius 2 is 2.08 bits per heavy atom. The molecule has 1 saturated heterocycles. The minimum absolute atomic E-state index is 0.209. The molecule has 2 heteroatoms. The van der Waals surface area contributed by atoms with Crippen molar-refractivity contribution in [2.75, 3.05) is 6.54 Å². The van der Waals surface area contributed by atoms with Crippen molar-refractivity contribution in [3.8, 4) is 0 Å². The molecule has 1 N–H and O–H groups in total. The molecule has 5 atom stereocenters. The van der Waals surface area contributed by atoms with Gasteiger partial charge in [0, 0.05) is 0 Å². The molecule has 1 heterocycles. The Balaban J connectivity index is 1.87. The Hall–Kier alpha value is -0.370. The Morgan fingerprint density at radius 3 is 2.85 bits per heavy atom. The van der Waals surface area contributed by atoms with Gasteiger partial charge >= 0.3 is 0 Å². The molecule has 0 spiro atoms. The predicted molar refractivity (Wildman–Crippen MR) is 50.3 cm³/mol. The van der Waals surface area contributed by atoms with Crippen LogP contribution in [-0.4, -0.2) is 18.4 Å². The summed E-state index contributed by atoms with van der Waals surface area (Å²) in [5.41, 5.74) is 0. The second-order valence-corrected chi connectivity index (χ2v) is 5.07. The van der Waals surface area contributed by atoms with Gasteiger partial charge in [-0.15, -0.1) is 0 Å². The maximum Gasteiger partial charge on any atom is 0.146 e. The fourth-order valence-corrected chi connectivity index (χ4v) is 4.09. The van der Waals surface area contributed by atoms with Crippen LogP contribution in [0, 0.1) is 23.7 Å². The Labute approximate surface area is 79.1 Å². The number of carbonyl (C=O) groups excluding carboxylic acids is 1. The van der Waals surface area contributed by atoms with Crippen LogP contribution < -0.4 is 5.32 Å². The third-order valence-corrected chi connectivity index (χ3v) is 4.55. The van der Waals surface area contributed by atoms with Gasteiger partial charge in [0.25, 0.3) is 0 Å². The standard InChI is InChI=1S/C11H17NO/c1-6(13)11-10-8-3-2-7(4-8)9(10)5-12-11/h7-12H,2-5H2,1H3/t7?,8?,9-,10+,11-/m1/s1. The first-order valence-corrected chi connectivity index (χ1v) is 5.51. The van der Waals surface area contributed by atoms with Crippen molar-refractivity contribution in [1.82, 2.24) is 5.32 Å². The second kappa shape index (κ2) is 2.57. The molecular formula is C11H17NO. The van der Waals surface area contributed by atoms with Gasteiger partial charge in [0.15, 0.2) is 0 Å². The Bertz CT molecular complexity index is 250. The molecule has 13 heavy (non-hydrogen) atoms. The molecule has 72 valence electrons. The lowest BCUT2D eigenvalue weighted by Gasteiger charge is -2.26. The number of hydrogen-bond donors (Lipinski definition) is 1. The summed E-state index contributed by atoms with van der Waals surface area (Å²) in [6.07, 6.45) is 4.23. The first-order valence-electron chi connectivity index (χ1n) is 5.51. The molecule has 2 nitrogen and oxygen atoms in total. The maximum absolute atomic E-state index is 11.4. The molecule has 0 aromatic carbocycles. The highest BCUT2D eigenvalue weighted by Gasteiger charge is 2.54. The maximum atomic E-state index is 11.4. The van der Waals surface area contributed by atoms with Gasteiger partial charge in [-0.05, 0) is 56.4 Å². The summed E-state index contributed by atoms with van der Waals surface area (Å²) in [5.74, 6) is 3.73. The molecule has 2 bridgehead atoms. The van der Waals surface area contributed by atoms with Gasteiger partial charge in [-0.3, -0.25) is 4.79 Å². The quantitative estimate of drug-likeness (QED) is 0.655. The highest BCUT2D eigenvalue weighted by Crippen LogP contribution is 2.55. The zero-order valence-electron chi connectivity index (χ0n) is 8.12. The summed E-state index contributed by atoms with van der Waals surface area (Å²) in [5, 5.41) is 3.41. The van der Waals surface area contributed by atoms with Gasteiger partial charge in [0.1, 0.15) is 5.78 Å². The average molecular weight is 179 g/mol. The van der Waals surface area contributed by atoms with Crippen molar-refractivity contribution in [2.24, 2.45) is 23.7 Å². The van der Waals surface area contributed by atoms with Gasteiger partial charge in [-0.2, -0.15) is 0 Å². The van der Waals surface area contributed by atoms with Crippen LogP contribution in [0.2, 0.25) is 0 Å². The number of ketones is 1. The zero-order valence-corrected chi connectivity index (χ0v) is 8.12. The summed E-state index contributed by atoms with van der Waals surface area (Å²) < 4.78 is 0. The fourth-order valence-electron chi connectivity index (χ4n) is 4.09. The predicted octanol–water partition coefficient (Wildman–Crippen LogP) is 1.21. The van der Waals surface area contributed by atoms with E-state index >= 15 is 0 Å². The molecule has 2 aliphatic carbocycles. The number of hydrogen-bond acceptors (Lipinski definition) is 2. The van der Waals surface area contributed by atoms with Crippen molar-refractivity contribution in [1.29, 1.82) is 0 Å². The molecule has 3 fully saturated rings. The largest absolute Gasteiger partial charge is 0.307 e. The van der Waals surface area contributed by atoms with E-state index in [1.165, 1.54) is 19.3 Å². The molecule has 3 aliphatic rings. The molecule has 0 amide bonds. The lowest BCUT2D eigenvalue weighted by atomic mass is 9.78. The van der Waals surface area contributed by atoms with E-state index in [2.05, 4.69) is 5.32 Å². The van der Waals surface area contributed by atoms with Crippen LogP contribution in [0.1, 0.15) is 26.2 Å². The van der Waals surface area contributed by atoms with Crippen molar-refractivity contribution in [3.63, 3.8) is 0 Å². The summed E-state index contributed by atoms with van der Waals surface area (Å²) in [6.45, 7) is 2.85. The monoisotopic (exact) mass is 179 g/mol. The van der Waals surface area contributed by atoms with Gasteiger partial charge in [0.05, 0.1) is 6.04 Å². The van der Waals surface area contributed by atoms with Crippen LogP contribution in [0.15, 0.2) is 0 Å². The molecule has 3 rings (SSSR count). The van der Waals surface area contributed by atoms with Crippen LogP contribution in [0.3, 0.4) is 0 Å². The average Bonchev–Trinajstić information content (AvgIpc) is 2.76. The van der Waals surface area contributed by atoms with E-state index in [1.807, 2.05) is 0 Å². The van der Waals surface area contributed by atoms with Crippen molar-refractivity contribution in [3.05, 3.63) is 0 Å². The number of fused-ring (bicyclic) bond motifs is 5. The first kappa shape index (κ1) is 7.98. The van der Waals surface area contributed by atoms with E-state index in [-0.39, 0.29) is 6.04 Å². The van der Waals surface area contributed by atoms with Crippen molar-refractivity contribution in [2.45, 2.75) is 32.2 Å². The van der Waals surface area contributed by atoms with Crippen LogP contribution in [-0.2, 0) is 4.79 Å². The second-order valence-electron chi connectivity index (χ2n) is 5.07. The summed E-state index contributed by atoms with van der Waals surface area (Å²) >= 11 is 0. The van der Waals surface area contributed by atoms with Gasteiger partial charge in [-0.25, -0.2) is 0 Å². The molecule has 0 radical (unpaired) electrons. The van der Waals surface area contributed by atoms with E-state index in [4.69, 9.17) is 0 Å². The van der Waals surface area contributed by atoms with E-state index in [1.54, 1.807) is 6.92 Å². The molecular weight excluding hydrogens is 162 g/mol. The van der Waals surface area contributed by atoms with Crippen LogP contribution in [0.5, 0.6) is 0 Å². The smallest absolute Gasteiger partial charge is 0.146 e. The lowest BCUT2D eigenvalue weighted by molar-refractivity contribution is -0.120. The third kappa shape index (κ3) is 0.954. The molecule has 2 saturated carbocycles. The zero-order chi connectivity index (χ0) is 9.00. The fraction of sp³-hybridized carbons (Fsp3) is 0.909. The van der Waals surface area contributed by atoms with Crippen LogP contribution >= 0.6 is 0 Å². The summed E-state index contributed by atoms with van der Waals surface area (Å²) in [6, 6.07) is 0.209. The van der Waals surface area contributed by atoms with Crippen molar-refractivity contribution >= 4 is 5.78 Å². The molecule has 0 aromatic heterocycles. The van der Waals surface area contributed by atoms with E-state index in [9.17, 15) is 4.79 Å². The Kier molecular flexibility index (Phi) is 1.58. The van der Waals surface area contributed by atoms with Gasteiger partial charge < -0.3 is 5.32 Å². The number of rotatable bonds is 1. The first-order chi connectivity index (χ1) is 6.27. The molecule has 1 aliphatic heterocycles. The summed E-state index contributed by atoms with van der Waals surface area (Å²) in [7, 11) is 0. The van der Waals surface area contributed by atoms with E-state index in [0.717, 1.165) is 24.3 Å². The summed E-state index contributed by atoms with van der Waals surface area (Å²) in [4.78, 5) is 11.4. The normalized spacial score (nSPS) is 52.5. The van der Waals surface area contributed by atoms with Gasteiger partial charge in [-0.1, -0.05) is 0 Å². The van der Waals surface area contributed by atoms with E-state index in [0.29, 0.717) is 11.7 Å². The minimum atomic E-state index is 0.209.